The van der Waals surface area contributed by atoms with Gasteiger partial charge in [-0.15, -0.1) is 11.6 Å². The number of halogens is 4. The summed E-state index contributed by atoms with van der Waals surface area (Å²) in [5, 5.41) is 0. The van der Waals surface area contributed by atoms with E-state index in [1.165, 1.54) is 6.92 Å². The molecule has 1 saturated carbocycles. The molecule has 0 heterocycles. The lowest BCUT2D eigenvalue weighted by Gasteiger charge is -2.26. The Bertz CT molecular complexity index is 333. The van der Waals surface area contributed by atoms with Gasteiger partial charge in [0.25, 0.3) is 0 Å². The van der Waals surface area contributed by atoms with Crippen LogP contribution in [0, 0.1) is 5.92 Å². The lowest BCUT2D eigenvalue weighted by Crippen LogP contribution is -2.17. The highest BCUT2D eigenvalue weighted by atomic mass is 35.5. The van der Waals surface area contributed by atoms with Gasteiger partial charge in [0.15, 0.2) is 0 Å². The number of hydrogen-bond acceptors (Lipinski definition) is 0. The molecule has 0 spiro atoms. The van der Waals surface area contributed by atoms with Gasteiger partial charge in [-0.3, -0.25) is 0 Å². The molecule has 0 saturated heterocycles. The summed E-state index contributed by atoms with van der Waals surface area (Å²) in [5.74, 6) is 0.319. The third-order valence-electron chi connectivity index (χ3n) is 3.52. The Morgan fingerprint density at radius 2 is 1.72 bits per heavy atom. The van der Waals surface area contributed by atoms with E-state index < -0.39 is 11.7 Å². The summed E-state index contributed by atoms with van der Waals surface area (Å²) in [6, 6.07) is 0. The second-order valence-electron chi connectivity index (χ2n) is 5.04. The molecule has 0 unspecified atom stereocenters. The maximum atomic E-state index is 12.9. The summed E-state index contributed by atoms with van der Waals surface area (Å²) in [5.41, 5.74) is 0.778. The van der Waals surface area contributed by atoms with Crippen molar-refractivity contribution in [2.24, 2.45) is 5.92 Å². The van der Waals surface area contributed by atoms with Crippen LogP contribution in [0.15, 0.2) is 22.8 Å². The Morgan fingerprint density at radius 3 is 2.17 bits per heavy atom. The first kappa shape index (κ1) is 15.6. The van der Waals surface area contributed by atoms with E-state index in [0.29, 0.717) is 5.57 Å². The summed E-state index contributed by atoms with van der Waals surface area (Å²) >= 11 is 5.68. The highest BCUT2D eigenvalue weighted by Gasteiger charge is 2.34. The van der Waals surface area contributed by atoms with Crippen LogP contribution in [0.3, 0.4) is 0 Å². The van der Waals surface area contributed by atoms with Crippen molar-refractivity contribution in [3.63, 3.8) is 0 Å². The first-order chi connectivity index (χ1) is 8.36. The summed E-state index contributed by atoms with van der Waals surface area (Å²) in [7, 11) is 0. The smallest absolute Gasteiger partial charge is 0.166 e. The molecule has 1 rings (SSSR count). The average Bonchev–Trinajstić information content (AvgIpc) is 2.34. The molecule has 0 radical (unpaired) electrons. The van der Waals surface area contributed by atoms with Gasteiger partial charge in [-0.1, -0.05) is 30.9 Å². The van der Waals surface area contributed by atoms with Gasteiger partial charge in [0, 0.05) is 11.5 Å². The lowest BCUT2D eigenvalue weighted by atomic mass is 9.81. The maximum absolute atomic E-state index is 12.9. The minimum atomic E-state index is -4.24. The lowest BCUT2D eigenvalue weighted by molar-refractivity contribution is -0.0925. The van der Waals surface area contributed by atoms with Crippen LogP contribution >= 0.6 is 11.6 Å². The minimum absolute atomic E-state index is 0.0403. The molecule has 0 aromatic rings. The standard InChI is InChI=1S/C14H20ClF3/c1-10(9-15)8-13(11(2)14(16,17)18)12-6-4-3-5-7-12/h8,12H,3-7,9H2,1-2H3/b10-8+,13-11-. The quantitative estimate of drug-likeness (QED) is 0.464. The highest BCUT2D eigenvalue weighted by molar-refractivity contribution is 6.19. The Hall–Kier alpha value is -0.440. The average molecular weight is 281 g/mol. The monoisotopic (exact) mass is 280 g/mol. The second-order valence-corrected chi connectivity index (χ2v) is 5.30. The molecule has 18 heavy (non-hydrogen) atoms. The van der Waals surface area contributed by atoms with Crippen molar-refractivity contribution in [3.05, 3.63) is 22.8 Å². The van der Waals surface area contributed by atoms with Crippen molar-refractivity contribution in [2.75, 3.05) is 5.88 Å². The van der Waals surface area contributed by atoms with Crippen LogP contribution in [-0.4, -0.2) is 12.1 Å². The van der Waals surface area contributed by atoms with Crippen molar-refractivity contribution in [1.29, 1.82) is 0 Å². The van der Waals surface area contributed by atoms with Crippen molar-refractivity contribution in [3.8, 4) is 0 Å². The molecule has 0 aromatic carbocycles. The molecule has 1 aliphatic carbocycles. The molecule has 4 heteroatoms. The highest BCUT2D eigenvalue weighted by Crippen LogP contribution is 2.37. The van der Waals surface area contributed by atoms with Gasteiger partial charge in [-0.05, 0) is 38.2 Å². The summed E-state index contributed by atoms with van der Waals surface area (Å²) in [6.45, 7) is 2.96. The first-order valence-electron chi connectivity index (χ1n) is 6.37. The van der Waals surface area contributed by atoms with E-state index in [1.54, 1.807) is 13.0 Å². The van der Waals surface area contributed by atoms with E-state index >= 15 is 0 Å². The van der Waals surface area contributed by atoms with Gasteiger partial charge in [-0.2, -0.15) is 13.2 Å². The molecule has 0 N–H and O–H groups in total. The predicted molar refractivity (Wildman–Crippen MR) is 69.8 cm³/mol. The van der Waals surface area contributed by atoms with Crippen LogP contribution in [0.1, 0.15) is 46.0 Å². The van der Waals surface area contributed by atoms with E-state index in [2.05, 4.69) is 0 Å². The topological polar surface area (TPSA) is 0 Å². The van der Waals surface area contributed by atoms with Crippen molar-refractivity contribution < 1.29 is 13.2 Å². The number of rotatable bonds is 3. The molecule has 0 aliphatic heterocycles. The summed E-state index contributed by atoms with van der Waals surface area (Å²) < 4.78 is 38.7. The molecule has 0 bridgehead atoms. The zero-order valence-corrected chi connectivity index (χ0v) is 11.7. The molecular weight excluding hydrogens is 261 g/mol. The molecule has 1 aliphatic rings. The van der Waals surface area contributed by atoms with E-state index in [1.807, 2.05) is 0 Å². The first-order valence-corrected chi connectivity index (χ1v) is 6.90. The third-order valence-corrected chi connectivity index (χ3v) is 3.94. The van der Waals surface area contributed by atoms with E-state index in [-0.39, 0.29) is 11.8 Å². The van der Waals surface area contributed by atoms with Gasteiger partial charge >= 0.3 is 6.18 Å². The fourth-order valence-electron chi connectivity index (χ4n) is 2.41. The number of alkyl halides is 4. The Kier molecular flexibility index (Phi) is 5.77. The molecule has 104 valence electrons. The predicted octanol–water partition coefficient (Wildman–Crippen LogP) is 5.63. The Morgan fingerprint density at radius 1 is 1.17 bits per heavy atom. The zero-order chi connectivity index (χ0) is 13.8. The van der Waals surface area contributed by atoms with Gasteiger partial charge in [0.05, 0.1) is 0 Å². The third kappa shape index (κ3) is 4.34. The van der Waals surface area contributed by atoms with Crippen molar-refractivity contribution in [1.82, 2.24) is 0 Å². The van der Waals surface area contributed by atoms with Crippen LogP contribution in [0.5, 0.6) is 0 Å². The summed E-state index contributed by atoms with van der Waals surface area (Å²) in [6.07, 6.45) is 2.29. The molecule has 0 nitrogen and oxygen atoms in total. The Balaban J connectivity index is 3.09. The van der Waals surface area contributed by atoms with Gasteiger partial charge in [0.2, 0.25) is 0 Å². The number of allylic oxidation sites excluding steroid dienone is 4. The van der Waals surface area contributed by atoms with Gasteiger partial charge in [0.1, 0.15) is 0 Å². The van der Waals surface area contributed by atoms with Crippen LogP contribution in [-0.2, 0) is 0 Å². The maximum Gasteiger partial charge on any atom is 0.412 e. The summed E-state index contributed by atoms with van der Waals surface area (Å²) in [4.78, 5) is 0. The van der Waals surface area contributed by atoms with Crippen LogP contribution in [0.2, 0.25) is 0 Å². The Labute approximate surface area is 112 Å². The van der Waals surface area contributed by atoms with Gasteiger partial charge < -0.3 is 0 Å². The van der Waals surface area contributed by atoms with E-state index in [4.69, 9.17) is 11.6 Å². The molecule has 0 aromatic heterocycles. The molecule has 1 fully saturated rings. The second kappa shape index (κ2) is 6.65. The van der Waals surface area contributed by atoms with Crippen molar-refractivity contribution in [2.45, 2.75) is 52.1 Å². The fraction of sp³-hybridized carbons (Fsp3) is 0.714. The van der Waals surface area contributed by atoms with Gasteiger partial charge in [-0.25, -0.2) is 0 Å². The van der Waals surface area contributed by atoms with Crippen LogP contribution < -0.4 is 0 Å². The molecule has 0 amide bonds. The largest absolute Gasteiger partial charge is 0.412 e. The van der Waals surface area contributed by atoms with Crippen LogP contribution in [0.25, 0.3) is 0 Å². The minimum Gasteiger partial charge on any atom is -0.166 e. The fourth-order valence-corrected chi connectivity index (χ4v) is 2.49. The van der Waals surface area contributed by atoms with E-state index in [9.17, 15) is 13.2 Å². The zero-order valence-electron chi connectivity index (χ0n) is 10.9. The van der Waals surface area contributed by atoms with Crippen molar-refractivity contribution >= 4 is 11.6 Å². The normalized spacial score (nSPS) is 20.9. The molecule has 0 atom stereocenters. The SMILES string of the molecule is C/C(=C\C(=C(/C)C(F)(F)F)C1CCCCC1)CCl. The van der Waals surface area contributed by atoms with E-state index in [0.717, 1.165) is 37.7 Å². The van der Waals surface area contributed by atoms with Crippen LogP contribution in [0.4, 0.5) is 13.2 Å². The molecular formula is C14H20ClF3. The number of hydrogen-bond donors (Lipinski definition) is 0.